The zero-order chi connectivity index (χ0) is 15.1. The number of anilines is 1. The summed E-state index contributed by atoms with van der Waals surface area (Å²) in [6.45, 7) is 3.34. The Hall–Kier alpha value is -2.14. The summed E-state index contributed by atoms with van der Waals surface area (Å²) in [6, 6.07) is 9.86. The van der Waals surface area contributed by atoms with Gasteiger partial charge < -0.3 is 14.8 Å². The zero-order valence-electron chi connectivity index (χ0n) is 12.7. The standard InChI is InChI=1S/C16H21N3O2/c1-4-17-15-10-13(11-20-2)18-16(19-15)9-12-6-5-7-14(8-12)21-3/h5-8,10H,4,9,11H2,1-3H3,(H,17,18,19). The maximum Gasteiger partial charge on any atom is 0.135 e. The van der Waals surface area contributed by atoms with E-state index in [1.807, 2.05) is 37.3 Å². The molecule has 0 saturated heterocycles. The summed E-state index contributed by atoms with van der Waals surface area (Å²) in [6.07, 6.45) is 0.660. The Morgan fingerprint density at radius 1 is 1.14 bits per heavy atom. The Labute approximate surface area is 125 Å². The van der Waals surface area contributed by atoms with Gasteiger partial charge in [0.15, 0.2) is 0 Å². The van der Waals surface area contributed by atoms with Crippen molar-refractivity contribution in [3.63, 3.8) is 0 Å². The van der Waals surface area contributed by atoms with Crippen molar-refractivity contribution in [1.82, 2.24) is 9.97 Å². The highest BCUT2D eigenvalue weighted by atomic mass is 16.5. The predicted octanol–water partition coefficient (Wildman–Crippen LogP) is 2.65. The predicted molar refractivity (Wildman–Crippen MR) is 82.7 cm³/mol. The molecule has 1 N–H and O–H groups in total. The number of aromatic nitrogens is 2. The van der Waals surface area contributed by atoms with Gasteiger partial charge in [0.25, 0.3) is 0 Å². The van der Waals surface area contributed by atoms with Gasteiger partial charge in [0, 0.05) is 26.1 Å². The molecule has 0 aliphatic rings. The summed E-state index contributed by atoms with van der Waals surface area (Å²) in [5.74, 6) is 2.44. The van der Waals surface area contributed by atoms with Crippen molar-refractivity contribution in [2.75, 3.05) is 26.1 Å². The number of ether oxygens (including phenoxy) is 2. The van der Waals surface area contributed by atoms with Crippen molar-refractivity contribution in [2.45, 2.75) is 20.0 Å². The minimum absolute atomic E-state index is 0.478. The molecule has 0 radical (unpaired) electrons. The van der Waals surface area contributed by atoms with Gasteiger partial charge in [-0.3, -0.25) is 0 Å². The van der Waals surface area contributed by atoms with Crippen molar-refractivity contribution < 1.29 is 9.47 Å². The maximum atomic E-state index is 5.24. The van der Waals surface area contributed by atoms with Crippen LogP contribution in [0.1, 0.15) is 24.0 Å². The van der Waals surface area contributed by atoms with Crippen molar-refractivity contribution in [1.29, 1.82) is 0 Å². The average molecular weight is 287 g/mol. The van der Waals surface area contributed by atoms with E-state index in [2.05, 4.69) is 15.3 Å². The summed E-state index contributed by atoms with van der Waals surface area (Å²) in [5.41, 5.74) is 1.99. The highest BCUT2D eigenvalue weighted by molar-refractivity contribution is 5.37. The molecule has 112 valence electrons. The summed E-state index contributed by atoms with van der Waals surface area (Å²) in [5, 5.41) is 3.22. The van der Waals surface area contributed by atoms with Gasteiger partial charge in [-0.1, -0.05) is 12.1 Å². The summed E-state index contributed by atoms with van der Waals surface area (Å²) in [7, 11) is 3.33. The van der Waals surface area contributed by atoms with E-state index in [-0.39, 0.29) is 0 Å². The second-order valence-corrected chi connectivity index (χ2v) is 4.65. The Kier molecular flexibility index (Phi) is 5.51. The Bertz CT molecular complexity index is 563. The summed E-state index contributed by atoms with van der Waals surface area (Å²) in [4.78, 5) is 9.08. The molecule has 0 spiro atoms. The molecule has 0 atom stereocenters. The lowest BCUT2D eigenvalue weighted by atomic mass is 10.1. The van der Waals surface area contributed by atoms with E-state index in [0.29, 0.717) is 13.0 Å². The van der Waals surface area contributed by atoms with Crippen LogP contribution in [0.2, 0.25) is 0 Å². The number of nitrogens with zero attached hydrogens (tertiary/aromatic N) is 2. The summed E-state index contributed by atoms with van der Waals surface area (Å²) < 4.78 is 10.4. The molecule has 0 saturated carbocycles. The second-order valence-electron chi connectivity index (χ2n) is 4.65. The van der Waals surface area contributed by atoms with Crippen LogP contribution in [0.3, 0.4) is 0 Å². The highest BCUT2D eigenvalue weighted by Crippen LogP contribution is 2.16. The van der Waals surface area contributed by atoms with Gasteiger partial charge in [-0.05, 0) is 24.6 Å². The number of hydrogen-bond acceptors (Lipinski definition) is 5. The van der Waals surface area contributed by atoms with Gasteiger partial charge in [-0.25, -0.2) is 9.97 Å². The molecule has 1 aromatic heterocycles. The highest BCUT2D eigenvalue weighted by Gasteiger charge is 2.06. The molecule has 0 unspecified atom stereocenters. The molecule has 2 rings (SSSR count). The molecule has 2 aromatic rings. The van der Waals surface area contributed by atoms with Crippen LogP contribution in [-0.2, 0) is 17.8 Å². The van der Waals surface area contributed by atoms with Crippen LogP contribution in [0, 0.1) is 0 Å². The van der Waals surface area contributed by atoms with E-state index >= 15 is 0 Å². The molecular weight excluding hydrogens is 266 g/mol. The average Bonchev–Trinajstić information content (AvgIpc) is 2.48. The van der Waals surface area contributed by atoms with E-state index < -0.39 is 0 Å². The SMILES string of the molecule is CCNc1cc(COC)nc(Cc2cccc(OC)c2)n1. The van der Waals surface area contributed by atoms with Crippen LogP contribution in [0.15, 0.2) is 30.3 Å². The minimum atomic E-state index is 0.478. The first-order valence-electron chi connectivity index (χ1n) is 6.97. The normalized spacial score (nSPS) is 10.4. The fraction of sp³-hybridized carbons (Fsp3) is 0.375. The van der Waals surface area contributed by atoms with Gasteiger partial charge in [0.1, 0.15) is 17.4 Å². The quantitative estimate of drug-likeness (QED) is 0.848. The number of nitrogens with one attached hydrogen (secondary N) is 1. The fourth-order valence-corrected chi connectivity index (χ4v) is 2.09. The molecule has 0 amide bonds. The third-order valence-corrected chi connectivity index (χ3v) is 2.97. The van der Waals surface area contributed by atoms with Crippen molar-refractivity contribution in [3.8, 4) is 5.75 Å². The monoisotopic (exact) mass is 287 g/mol. The van der Waals surface area contributed by atoms with Gasteiger partial charge >= 0.3 is 0 Å². The van der Waals surface area contributed by atoms with E-state index in [4.69, 9.17) is 9.47 Å². The zero-order valence-corrected chi connectivity index (χ0v) is 12.7. The molecule has 21 heavy (non-hydrogen) atoms. The maximum absolute atomic E-state index is 5.24. The Balaban J connectivity index is 2.24. The van der Waals surface area contributed by atoms with Crippen LogP contribution in [-0.4, -0.2) is 30.7 Å². The first-order valence-corrected chi connectivity index (χ1v) is 6.97. The molecule has 0 aliphatic carbocycles. The Morgan fingerprint density at radius 3 is 2.71 bits per heavy atom. The molecular formula is C16H21N3O2. The van der Waals surface area contributed by atoms with Crippen LogP contribution in [0.4, 0.5) is 5.82 Å². The van der Waals surface area contributed by atoms with Crippen LogP contribution >= 0.6 is 0 Å². The van der Waals surface area contributed by atoms with E-state index in [1.165, 1.54) is 0 Å². The lowest BCUT2D eigenvalue weighted by molar-refractivity contribution is 0.181. The van der Waals surface area contributed by atoms with Gasteiger partial charge in [0.05, 0.1) is 19.4 Å². The molecule has 0 bridgehead atoms. The van der Waals surface area contributed by atoms with Crippen molar-refractivity contribution >= 4 is 5.82 Å². The van der Waals surface area contributed by atoms with Crippen LogP contribution < -0.4 is 10.1 Å². The van der Waals surface area contributed by atoms with E-state index in [9.17, 15) is 0 Å². The van der Waals surface area contributed by atoms with E-state index in [1.54, 1.807) is 14.2 Å². The molecule has 5 heteroatoms. The largest absolute Gasteiger partial charge is 0.497 e. The first-order chi connectivity index (χ1) is 10.2. The lowest BCUT2D eigenvalue weighted by Crippen LogP contribution is -2.07. The minimum Gasteiger partial charge on any atom is -0.497 e. The Morgan fingerprint density at radius 2 is 2.00 bits per heavy atom. The molecule has 0 aliphatic heterocycles. The molecule has 5 nitrogen and oxygen atoms in total. The van der Waals surface area contributed by atoms with Gasteiger partial charge in [-0.2, -0.15) is 0 Å². The smallest absolute Gasteiger partial charge is 0.135 e. The van der Waals surface area contributed by atoms with Crippen molar-refractivity contribution in [3.05, 3.63) is 47.4 Å². The van der Waals surface area contributed by atoms with Gasteiger partial charge in [0.2, 0.25) is 0 Å². The topological polar surface area (TPSA) is 56.3 Å². The van der Waals surface area contributed by atoms with Crippen LogP contribution in [0.5, 0.6) is 5.75 Å². The number of hydrogen-bond donors (Lipinski definition) is 1. The number of methoxy groups -OCH3 is 2. The second kappa shape index (κ2) is 7.59. The molecule has 0 fully saturated rings. The number of rotatable bonds is 7. The van der Waals surface area contributed by atoms with Gasteiger partial charge in [-0.15, -0.1) is 0 Å². The summed E-state index contributed by atoms with van der Waals surface area (Å²) >= 11 is 0. The van der Waals surface area contributed by atoms with Crippen molar-refractivity contribution in [2.24, 2.45) is 0 Å². The molecule has 1 aromatic carbocycles. The lowest BCUT2D eigenvalue weighted by Gasteiger charge is -2.09. The fourth-order valence-electron chi connectivity index (χ4n) is 2.09. The third kappa shape index (κ3) is 4.43. The van der Waals surface area contributed by atoms with E-state index in [0.717, 1.165) is 35.2 Å². The number of benzene rings is 1. The molecule has 1 heterocycles. The first kappa shape index (κ1) is 15.3. The van der Waals surface area contributed by atoms with Crippen LogP contribution in [0.25, 0.3) is 0 Å². The third-order valence-electron chi connectivity index (χ3n) is 2.97.